The van der Waals surface area contributed by atoms with Crippen molar-refractivity contribution in [3.63, 3.8) is 0 Å². The molecule has 0 aliphatic carbocycles. The highest BCUT2D eigenvalue weighted by molar-refractivity contribution is 7.88. The Kier molecular flexibility index (Phi) is 4.94. The Morgan fingerprint density at radius 2 is 1.94 bits per heavy atom. The number of hydrogen-bond donors (Lipinski definition) is 2. The number of aliphatic hydroxyl groups is 1. The van der Waals surface area contributed by atoms with Gasteiger partial charge in [0.1, 0.15) is 0 Å². The summed E-state index contributed by atoms with van der Waals surface area (Å²) >= 11 is 0. The SMILES string of the molecule is COc1cc(CNS(C)(=O)=O)cc(CO)c1OC. The first-order chi connectivity index (χ1) is 8.41. The van der Waals surface area contributed by atoms with Gasteiger partial charge in [0.25, 0.3) is 0 Å². The number of rotatable bonds is 6. The number of ether oxygens (including phenoxy) is 2. The molecule has 0 atom stereocenters. The highest BCUT2D eigenvalue weighted by Gasteiger charge is 2.12. The van der Waals surface area contributed by atoms with E-state index >= 15 is 0 Å². The first-order valence-corrected chi connectivity index (χ1v) is 7.09. The summed E-state index contributed by atoms with van der Waals surface area (Å²) < 4.78 is 34.7. The van der Waals surface area contributed by atoms with E-state index in [0.29, 0.717) is 22.6 Å². The number of methoxy groups -OCH3 is 2. The summed E-state index contributed by atoms with van der Waals surface area (Å²) in [5.41, 5.74) is 1.23. The molecule has 0 spiro atoms. The molecule has 0 radical (unpaired) electrons. The monoisotopic (exact) mass is 275 g/mol. The van der Waals surface area contributed by atoms with Crippen LogP contribution < -0.4 is 14.2 Å². The molecule has 0 saturated carbocycles. The summed E-state index contributed by atoms with van der Waals surface area (Å²) in [4.78, 5) is 0. The van der Waals surface area contributed by atoms with Crippen LogP contribution in [0.15, 0.2) is 12.1 Å². The van der Waals surface area contributed by atoms with E-state index in [0.717, 1.165) is 6.26 Å². The van der Waals surface area contributed by atoms with Gasteiger partial charge < -0.3 is 14.6 Å². The summed E-state index contributed by atoms with van der Waals surface area (Å²) in [7, 11) is -0.305. The van der Waals surface area contributed by atoms with Gasteiger partial charge in [-0.3, -0.25) is 0 Å². The number of nitrogens with one attached hydrogen (secondary N) is 1. The lowest BCUT2D eigenvalue weighted by atomic mass is 10.1. The van der Waals surface area contributed by atoms with Crippen molar-refractivity contribution in [2.75, 3.05) is 20.5 Å². The number of sulfonamides is 1. The summed E-state index contributed by atoms with van der Waals surface area (Å²) in [6.07, 6.45) is 1.08. The second-order valence-electron chi connectivity index (χ2n) is 3.74. The fourth-order valence-electron chi connectivity index (χ4n) is 1.54. The highest BCUT2D eigenvalue weighted by atomic mass is 32.2. The molecule has 0 bridgehead atoms. The second-order valence-corrected chi connectivity index (χ2v) is 5.57. The summed E-state index contributed by atoms with van der Waals surface area (Å²) in [5, 5.41) is 9.25. The maximum atomic E-state index is 11.0. The van der Waals surface area contributed by atoms with Crippen molar-refractivity contribution in [1.82, 2.24) is 4.72 Å². The standard InChI is InChI=1S/C11H17NO5S/c1-16-10-5-8(6-12-18(3,14)15)4-9(7-13)11(10)17-2/h4-5,12-13H,6-7H2,1-3H3. The molecular formula is C11H17NO5S. The van der Waals surface area contributed by atoms with E-state index < -0.39 is 10.0 Å². The van der Waals surface area contributed by atoms with Crippen LogP contribution in [0.2, 0.25) is 0 Å². The van der Waals surface area contributed by atoms with Crippen LogP contribution in [0.25, 0.3) is 0 Å². The Morgan fingerprint density at radius 3 is 2.39 bits per heavy atom. The smallest absolute Gasteiger partial charge is 0.209 e. The van der Waals surface area contributed by atoms with Crippen molar-refractivity contribution >= 4 is 10.0 Å². The van der Waals surface area contributed by atoms with Gasteiger partial charge in [0.05, 0.1) is 27.1 Å². The lowest BCUT2D eigenvalue weighted by Gasteiger charge is -2.14. The number of hydrogen-bond acceptors (Lipinski definition) is 5. The molecule has 0 fully saturated rings. The molecule has 7 heteroatoms. The minimum absolute atomic E-state index is 0.131. The lowest BCUT2D eigenvalue weighted by Crippen LogP contribution is -2.21. The maximum Gasteiger partial charge on any atom is 0.209 e. The van der Waals surface area contributed by atoms with Gasteiger partial charge in [0.15, 0.2) is 11.5 Å². The van der Waals surface area contributed by atoms with Crippen LogP contribution in [-0.2, 0) is 23.2 Å². The van der Waals surface area contributed by atoms with Crippen molar-refractivity contribution in [1.29, 1.82) is 0 Å². The molecule has 102 valence electrons. The molecule has 0 unspecified atom stereocenters. The van der Waals surface area contributed by atoms with Gasteiger partial charge in [-0.25, -0.2) is 13.1 Å². The highest BCUT2D eigenvalue weighted by Crippen LogP contribution is 2.32. The molecule has 0 saturated heterocycles. The number of benzene rings is 1. The first-order valence-electron chi connectivity index (χ1n) is 5.20. The van der Waals surface area contributed by atoms with Gasteiger partial charge in [0, 0.05) is 12.1 Å². The Balaban J connectivity index is 3.07. The maximum absolute atomic E-state index is 11.0. The Labute approximate surface area is 107 Å². The molecule has 1 aromatic carbocycles. The predicted octanol–water partition coefficient (Wildman–Crippen LogP) is 0.245. The van der Waals surface area contributed by atoms with Crippen molar-refractivity contribution in [3.05, 3.63) is 23.3 Å². The van der Waals surface area contributed by atoms with Crippen molar-refractivity contribution < 1.29 is 23.0 Å². The van der Waals surface area contributed by atoms with Crippen LogP contribution in [-0.4, -0.2) is 34.0 Å². The van der Waals surface area contributed by atoms with E-state index in [1.807, 2.05) is 0 Å². The van der Waals surface area contributed by atoms with Crippen LogP contribution in [0, 0.1) is 0 Å². The van der Waals surface area contributed by atoms with E-state index in [4.69, 9.17) is 9.47 Å². The molecule has 1 aromatic rings. The Morgan fingerprint density at radius 1 is 1.28 bits per heavy atom. The lowest BCUT2D eigenvalue weighted by molar-refractivity contribution is 0.269. The first kappa shape index (κ1) is 14.7. The Bertz CT molecular complexity index is 487. The van der Waals surface area contributed by atoms with E-state index in [-0.39, 0.29) is 13.2 Å². The van der Waals surface area contributed by atoms with Crippen molar-refractivity contribution in [3.8, 4) is 11.5 Å². The molecule has 0 amide bonds. The van der Waals surface area contributed by atoms with E-state index in [1.54, 1.807) is 12.1 Å². The summed E-state index contributed by atoms with van der Waals surface area (Å²) in [6.45, 7) is -0.0849. The van der Waals surface area contributed by atoms with Crippen LogP contribution in [0.5, 0.6) is 11.5 Å². The van der Waals surface area contributed by atoms with Crippen LogP contribution >= 0.6 is 0 Å². The van der Waals surface area contributed by atoms with Gasteiger partial charge in [0.2, 0.25) is 10.0 Å². The van der Waals surface area contributed by atoms with Gasteiger partial charge in [-0.2, -0.15) is 0 Å². The molecule has 0 aromatic heterocycles. The van der Waals surface area contributed by atoms with Gasteiger partial charge >= 0.3 is 0 Å². The molecular weight excluding hydrogens is 258 g/mol. The summed E-state index contributed by atoms with van der Waals surface area (Å²) in [6, 6.07) is 3.33. The topological polar surface area (TPSA) is 84.9 Å². The Hall–Kier alpha value is -1.31. The third kappa shape index (κ3) is 3.86. The van der Waals surface area contributed by atoms with Gasteiger partial charge in [-0.1, -0.05) is 0 Å². The zero-order chi connectivity index (χ0) is 13.8. The number of aliphatic hydroxyl groups excluding tert-OH is 1. The summed E-state index contributed by atoms with van der Waals surface area (Å²) in [5.74, 6) is 0.900. The van der Waals surface area contributed by atoms with Gasteiger partial charge in [-0.15, -0.1) is 0 Å². The largest absolute Gasteiger partial charge is 0.493 e. The normalized spacial score (nSPS) is 11.3. The second kappa shape index (κ2) is 6.03. The molecule has 1 rings (SSSR count). The third-order valence-corrected chi connectivity index (χ3v) is 2.99. The van der Waals surface area contributed by atoms with Crippen LogP contribution in [0.4, 0.5) is 0 Å². The molecule has 0 aliphatic heterocycles. The fraction of sp³-hybridized carbons (Fsp3) is 0.455. The molecule has 18 heavy (non-hydrogen) atoms. The van der Waals surface area contributed by atoms with E-state index in [9.17, 15) is 13.5 Å². The average Bonchev–Trinajstić information content (AvgIpc) is 2.33. The minimum Gasteiger partial charge on any atom is -0.493 e. The molecule has 0 heterocycles. The minimum atomic E-state index is -3.26. The van der Waals surface area contributed by atoms with E-state index in [1.165, 1.54) is 14.2 Å². The zero-order valence-corrected chi connectivity index (χ0v) is 11.4. The van der Waals surface area contributed by atoms with Crippen LogP contribution in [0.1, 0.15) is 11.1 Å². The average molecular weight is 275 g/mol. The van der Waals surface area contributed by atoms with Gasteiger partial charge in [-0.05, 0) is 17.7 Å². The van der Waals surface area contributed by atoms with Crippen molar-refractivity contribution in [2.45, 2.75) is 13.2 Å². The fourth-order valence-corrected chi connectivity index (χ4v) is 1.97. The van der Waals surface area contributed by atoms with E-state index in [2.05, 4.69) is 4.72 Å². The van der Waals surface area contributed by atoms with Crippen LogP contribution in [0.3, 0.4) is 0 Å². The quantitative estimate of drug-likeness (QED) is 0.777. The molecule has 0 aliphatic rings. The van der Waals surface area contributed by atoms with Crippen molar-refractivity contribution in [2.24, 2.45) is 0 Å². The third-order valence-electron chi connectivity index (χ3n) is 2.32. The zero-order valence-electron chi connectivity index (χ0n) is 10.6. The predicted molar refractivity (Wildman–Crippen MR) is 67.2 cm³/mol. The molecule has 2 N–H and O–H groups in total. The molecule has 6 nitrogen and oxygen atoms in total.